The fourth-order valence-electron chi connectivity index (χ4n) is 1.38. The van der Waals surface area contributed by atoms with Crippen LogP contribution in [0.15, 0.2) is 6.33 Å². The van der Waals surface area contributed by atoms with Crippen molar-refractivity contribution in [3.63, 3.8) is 0 Å². The summed E-state index contributed by atoms with van der Waals surface area (Å²) in [6.45, 7) is 2.14. The molecule has 0 fully saturated rings. The summed E-state index contributed by atoms with van der Waals surface area (Å²) in [6.07, 6.45) is 1.63. The lowest BCUT2D eigenvalue weighted by atomic mass is 10.5. The van der Waals surface area contributed by atoms with Crippen LogP contribution in [0.2, 0.25) is 0 Å². The molecule has 7 nitrogen and oxygen atoms in total. The zero-order valence-corrected chi connectivity index (χ0v) is 11.2. The van der Waals surface area contributed by atoms with Gasteiger partial charge in [-0.25, -0.2) is 9.97 Å². The van der Waals surface area contributed by atoms with Gasteiger partial charge in [0.25, 0.3) is 0 Å². The Bertz CT molecular complexity index is 568. The van der Waals surface area contributed by atoms with E-state index in [1.165, 1.54) is 6.92 Å². The number of halogens is 1. The van der Waals surface area contributed by atoms with Gasteiger partial charge < -0.3 is 15.0 Å². The summed E-state index contributed by atoms with van der Waals surface area (Å²) >= 11 is 2.05. The highest BCUT2D eigenvalue weighted by Crippen LogP contribution is 2.16. The van der Waals surface area contributed by atoms with Gasteiger partial charge in [-0.15, -0.1) is 0 Å². The van der Waals surface area contributed by atoms with E-state index in [-0.39, 0.29) is 18.5 Å². The van der Waals surface area contributed by atoms with Gasteiger partial charge in [-0.05, 0) is 22.6 Å². The number of fused-ring (bicyclic) bond motifs is 1. The fraction of sp³-hybridized carbons (Fsp3) is 0.333. The molecule has 17 heavy (non-hydrogen) atoms. The summed E-state index contributed by atoms with van der Waals surface area (Å²) in [5.74, 6) is -0.103. The number of aromatic nitrogens is 4. The second-order valence-electron chi connectivity index (χ2n) is 3.32. The number of nitrogens with two attached hydrogens (primary N) is 1. The molecule has 0 atom stereocenters. The van der Waals surface area contributed by atoms with Crippen LogP contribution in [0.5, 0.6) is 0 Å². The Balaban J connectivity index is 2.26. The predicted molar refractivity (Wildman–Crippen MR) is 69.1 cm³/mol. The Morgan fingerprint density at radius 2 is 2.35 bits per heavy atom. The van der Waals surface area contributed by atoms with Crippen molar-refractivity contribution in [2.45, 2.75) is 13.5 Å². The standard InChI is InChI=1S/C9H10IN5O2/c1-5(16)17-3-2-15-4-12-6-7(10)13-9(11)14-8(6)15/h4H,2-3H2,1H3,(H2,11,13,14). The smallest absolute Gasteiger partial charge is 0.302 e. The number of nitrogens with zero attached hydrogens (tertiary/aromatic N) is 4. The van der Waals surface area contributed by atoms with Crippen molar-refractivity contribution in [2.24, 2.45) is 0 Å². The van der Waals surface area contributed by atoms with E-state index in [2.05, 4.69) is 37.5 Å². The molecule has 0 spiro atoms. The molecule has 90 valence electrons. The van der Waals surface area contributed by atoms with Gasteiger partial charge in [-0.3, -0.25) is 4.79 Å². The van der Waals surface area contributed by atoms with Gasteiger partial charge in [0.2, 0.25) is 5.95 Å². The average molecular weight is 347 g/mol. The number of imidazole rings is 1. The predicted octanol–water partition coefficient (Wildman–Crippen LogP) is 0.576. The van der Waals surface area contributed by atoms with Crippen molar-refractivity contribution in [2.75, 3.05) is 12.3 Å². The molecule has 2 rings (SSSR count). The van der Waals surface area contributed by atoms with Gasteiger partial charge in [0.15, 0.2) is 5.65 Å². The van der Waals surface area contributed by atoms with Crippen LogP contribution in [-0.2, 0) is 16.1 Å². The number of rotatable bonds is 3. The van der Waals surface area contributed by atoms with Gasteiger partial charge in [-0.2, -0.15) is 4.98 Å². The third kappa shape index (κ3) is 2.62. The third-order valence-electron chi connectivity index (χ3n) is 2.08. The quantitative estimate of drug-likeness (QED) is 0.496. The summed E-state index contributed by atoms with van der Waals surface area (Å²) in [7, 11) is 0. The lowest BCUT2D eigenvalue weighted by molar-refractivity contribution is -0.141. The number of nitrogen functional groups attached to an aromatic ring is 1. The second-order valence-corrected chi connectivity index (χ2v) is 4.34. The Hall–Kier alpha value is -1.45. The van der Waals surface area contributed by atoms with Crippen LogP contribution >= 0.6 is 22.6 Å². The average Bonchev–Trinajstić information content (AvgIpc) is 2.61. The van der Waals surface area contributed by atoms with Crippen LogP contribution in [0.25, 0.3) is 11.2 Å². The number of ether oxygens (including phenoxy) is 1. The van der Waals surface area contributed by atoms with E-state index in [1.54, 1.807) is 10.9 Å². The van der Waals surface area contributed by atoms with Gasteiger partial charge in [0.05, 0.1) is 12.9 Å². The Kier molecular flexibility index (Phi) is 3.41. The number of hydrogen-bond donors (Lipinski definition) is 1. The molecule has 0 radical (unpaired) electrons. The van der Waals surface area contributed by atoms with E-state index >= 15 is 0 Å². The van der Waals surface area contributed by atoms with Crippen LogP contribution < -0.4 is 5.73 Å². The summed E-state index contributed by atoms with van der Waals surface area (Å²) in [5, 5.41) is 0. The van der Waals surface area contributed by atoms with E-state index in [0.717, 1.165) is 0 Å². The molecular weight excluding hydrogens is 337 g/mol. The molecule has 0 unspecified atom stereocenters. The first-order valence-electron chi connectivity index (χ1n) is 4.85. The Morgan fingerprint density at radius 3 is 3.06 bits per heavy atom. The lowest BCUT2D eigenvalue weighted by Crippen LogP contribution is -2.09. The molecule has 0 aliphatic heterocycles. The van der Waals surface area contributed by atoms with Crippen molar-refractivity contribution in [1.29, 1.82) is 0 Å². The molecular formula is C9H10IN5O2. The maximum atomic E-state index is 10.7. The second kappa shape index (κ2) is 4.82. The number of anilines is 1. The van der Waals surface area contributed by atoms with Crippen molar-refractivity contribution in [3.05, 3.63) is 10.0 Å². The SMILES string of the molecule is CC(=O)OCCn1cnc2c(I)nc(N)nc21. The molecule has 2 heterocycles. The van der Waals surface area contributed by atoms with E-state index in [0.29, 0.717) is 21.4 Å². The summed E-state index contributed by atoms with van der Waals surface area (Å²) in [5.41, 5.74) is 6.92. The van der Waals surface area contributed by atoms with E-state index in [9.17, 15) is 4.79 Å². The minimum absolute atomic E-state index is 0.205. The summed E-state index contributed by atoms with van der Waals surface area (Å²) in [4.78, 5) is 23.0. The molecule has 0 amide bonds. The first-order valence-corrected chi connectivity index (χ1v) is 5.93. The molecule has 0 aromatic carbocycles. The first-order chi connectivity index (χ1) is 8.08. The van der Waals surface area contributed by atoms with Crippen LogP contribution in [0.4, 0.5) is 5.95 Å². The molecule has 2 N–H and O–H groups in total. The van der Waals surface area contributed by atoms with Crippen molar-refractivity contribution in [3.8, 4) is 0 Å². The number of hydrogen-bond acceptors (Lipinski definition) is 6. The minimum Gasteiger partial charge on any atom is -0.464 e. The normalized spacial score (nSPS) is 10.7. The fourth-order valence-corrected chi connectivity index (χ4v) is 2.00. The van der Waals surface area contributed by atoms with E-state index < -0.39 is 0 Å². The van der Waals surface area contributed by atoms with Crippen LogP contribution in [-0.4, -0.2) is 32.1 Å². The topological polar surface area (TPSA) is 95.9 Å². The molecule has 0 bridgehead atoms. The number of esters is 1. The third-order valence-corrected chi connectivity index (χ3v) is 2.83. The van der Waals surface area contributed by atoms with Crippen molar-refractivity contribution < 1.29 is 9.53 Å². The molecule has 0 aliphatic rings. The molecule has 2 aromatic heterocycles. The summed E-state index contributed by atoms with van der Waals surface area (Å²) < 4.78 is 7.34. The lowest BCUT2D eigenvalue weighted by Gasteiger charge is -2.04. The molecule has 8 heteroatoms. The zero-order chi connectivity index (χ0) is 12.4. The Labute approximate surface area is 111 Å². The van der Waals surface area contributed by atoms with Gasteiger partial charge in [0, 0.05) is 6.92 Å². The van der Waals surface area contributed by atoms with E-state index in [1.807, 2.05) is 0 Å². The highest BCUT2D eigenvalue weighted by atomic mass is 127. The van der Waals surface area contributed by atoms with Gasteiger partial charge in [0.1, 0.15) is 15.8 Å². The maximum Gasteiger partial charge on any atom is 0.302 e. The van der Waals surface area contributed by atoms with Crippen LogP contribution in [0.3, 0.4) is 0 Å². The minimum atomic E-state index is -0.307. The highest BCUT2D eigenvalue weighted by Gasteiger charge is 2.10. The highest BCUT2D eigenvalue weighted by molar-refractivity contribution is 14.1. The van der Waals surface area contributed by atoms with Crippen LogP contribution in [0.1, 0.15) is 6.92 Å². The molecule has 0 saturated carbocycles. The molecule has 2 aromatic rings. The first kappa shape index (κ1) is 12.0. The van der Waals surface area contributed by atoms with Crippen molar-refractivity contribution in [1.82, 2.24) is 19.5 Å². The summed E-state index contributed by atoms with van der Waals surface area (Å²) in [6, 6.07) is 0. The number of carbonyl (C=O) groups is 1. The number of carbonyl (C=O) groups excluding carboxylic acids is 1. The zero-order valence-electron chi connectivity index (χ0n) is 9.05. The Morgan fingerprint density at radius 1 is 1.59 bits per heavy atom. The molecule has 0 aliphatic carbocycles. The monoisotopic (exact) mass is 347 g/mol. The van der Waals surface area contributed by atoms with Crippen LogP contribution in [0, 0.1) is 3.70 Å². The van der Waals surface area contributed by atoms with Gasteiger partial charge >= 0.3 is 5.97 Å². The largest absolute Gasteiger partial charge is 0.464 e. The van der Waals surface area contributed by atoms with Crippen molar-refractivity contribution >= 4 is 45.7 Å². The molecule has 0 saturated heterocycles. The van der Waals surface area contributed by atoms with E-state index in [4.69, 9.17) is 10.5 Å². The maximum absolute atomic E-state index is 10.7. The van der Waals surface area contributed by atoms with Gasteiger partial charge in [-0.1, -0.05) is 0 Å².